The Morgan fingerprint density at radius 1 is 1.33 bits per heavy atom. The van der Waals surface area contributed by atoms with E-state index in [-0.39, 0.29) is 6.10 Å². The van der Waals surface area contributed by atoms with E-state index in [1.54, 1.807) is 7.11 Å². The molecule has 3 heteroatoms. The molecule has 0 aliphatic heterocycles. The molecule has 1 fully saturated rings. The summed E-state index contributed by atoms with van der Waals surface area (Å²) in [6.07, 6.45) is 3.59. The molecule has 0 heterocycles. The predicted octanol–water partition coefficient (Wildman–Crippen LogP) is 1.41. The Balaban J connectivity index is 2.28. The van der Waals surface area contributed by atoms with Crippen molar-refractivity contribution in [1.82, 2.24) is 5.32 Å². The highest BCUT2D eigenvalue weighted by Crippen LogP contribution is 2.28. The number of hydrogen-bond donors (Lipinski definition) is 2. The Kier molecular flexibility index (Phi) is 5.58. The van der Waals surface area contributed by atoms with Crippen LogP contribution in [0, 0.1) is 11.8 Å². The highest BCUT2D eigenvalue weighted by molar-refractivity contribution is 4.83. The fourth-order valence-electron chi connectivity index (χ4n) is 2.61. The number of ether oxygens (including phenoxy) is 1. The van der Waals surface area contributed by atoms with Crippen molar-refractivity contribution in [3.63, 3.8) is 0 Å². The van der Waals surface area contributed by atoms with Crippen molar-refractivity contribution < 1.29 is 9.84 Å². The van der Waals surface area contributed by atoms with E-state index in [2.05, 4.69) is 19.2 Å². The lowest BCUT2D eigenvalue weighted by Gasteiger charge is -2.35. The summed E-state index contributed by atoms with van der Waals surface area (Å²) >= 11 is 0. The van der Waals surface area contributed by atoms with Gasteiger partial charge in [0.2, 0.25) is 0 Å². The van der Waals surface area contributed by atoms with Gasteiger partial charge in [-0.05, 0) is 24.7 Å². The number of methoxy groups -OCH3 is 1. The molecule has 0 radical (unpaired) electrons. The second-order valence-corrected chi connectivity index (χ2v) is 4.93. The normalized spacial score (nSPS) is 34.0. The van der Waals surface area contributed by atoms with E-state index in [0.29, 0.717) is 19.2 Å². The highest BCUT2D eigenvalue weighted by Gasteiger charge is 2.27. The summed E-state index contributed by atoms with van der Waals surface area (Å²) in [6, 6.07) is 0.560. The van der Waals surface area contributed by atoms with Crippen LogP contribution in [0.5, 0.6) is 0 Å². The van der Waals surface area contributed by atoms with Gasteiger partial charge in [0.05, 0.1) is 12.7 Å². The molecule has 90 valence electrons. The molecular weight excluding hydrogens is 190 g/mol. The first kappa shape index (κ1) is 12.9. The van der Waals surface area contributed by atoms with Crippen molar-refractivity contribution in [2.24, 2.45) is 11.8 Å². The van der Waals surface area contributed by atoms with Gasteiger partial charge in [-0.25, -0.2) is 0 Å². The van der Waals surface area contributed by atoms with Gasteiger partial charge in [0, 0.05) is 19.7 Å². The second kappa shape index (κ2) is 6.46. The van der Waals surface area contributed by atoms with Crippen molar-refractivity contribution in [3.05, 3.63) is 0 Å². The van der Waals surface area contributed by atoms with Crippen LogP contribution in [0.1, 0.15) is 33.1 Å². The number of aliphatic hydroxyl groups is 1. The first-order valence-electron chi connectivity index (χ1n) is 6.05. The molecule has 3 unspecified atom stereocenters. The average Bonchev–Trinajstić information content (AvgIpc) is 2.17. The van der Waals surface area contributed by atoms with Crippen LogP contribution in [0.25, 0.3) is 0 Å². The standard InChI is InChI=1S/C12H25NO2/c1-9-5-4-6-10(2)12(9)13-7-11(14)8-15-3/h9-14H,4-8H2,1-3H3. The van der Waals surface area contributed by atoms with Crippen molar-refractivity contribution >= 4 is 0 Å². The fourth-order valence-corrected chi connectivity index (χ4v) is 2.61. The monoisotopic (exact) mass is 215 g/mol. The maximum atomic E-state index is 9.56. The van der Waals surface area contributed by atoms with E-state index in [0.717, 1.165) is 11.8 Å². The van der Waals surface area contributed by atoms with Gasteiger partial charge in [-0.3, -0.25) is 0 Å². The molecule has 0 aromatic heterocycles. The maximum absolute atomic E-state index is 9.56. The van der Waals surface area contributed by atoms with Gasteiger partial charge in [-0.15, -0.1) is 0 Å². The van der Waals surface area contributed by atoms with Crippen LogP contribution in [0.4, 0.5) is 0 Å². The Bertz CT molecular complexity index is 165. The summed E-state index contributed by atoms with van der Waals surface area (Å²) in [5.41, 5.74) is 0. The number of nitrogens with one attached hydrogen (secondary N) is 1. The van der Waals surface area contributed by atoms with Crippen LogP contribution >= 0.6 is 0 Å². The zero-order valence-electron chi connectivity index (χ0n) is 10.2. The van der Waals surface area contributed by atoms with Gasteiger partial charge in [0.25, 0.3) is 0 Å². The van der Waals surface area contributed by atoms with Gasteiger partial charge in [0.1, 0.15) is 0 Å². The summed E-state index contributed by atoms with van der Waals surface area (Å²) in [6.45, 7) is 5.67. The molecule has 0 amide bonds. The SMILES string of the molecule is COCC(O)CNC1C(C)CCCC1C. The van der Waals surface area contributed by atoms with Crippen LogP contribution in [0.15, 0.2) is 0 Å². The largest absolute Gasteiger partial charge is 0.389 e. The Morgan fingerprint density at radius 2 is 1.93 bits per heavy atom. The molecule has 0 aromatic rings. The first-order valence-corrected chi connectivity index (χ1v) is 6.05. The molecule has 1 aliphatic carbocycles. The van der Waals surface area contributed by atoms with Crippen LogP contribution in [-0.4, -0.2) is 37.5 Å². The predicted molar refractivity (Wildman–Crippen MR) is 61.9 cm³/mol. The summed E-state index contributed by atoms with van der Waals surface area (Å²) in [7, 11) is 1.62. The molecule has 0 bridgehead atoms. The summed E-state index contributed by atoms with van der Waals surface area (Å²) in [5.74, 6) is 1.45. The van der Waals surface area contributed by atoms with Crippen LogP contribution in [-0.2, 0) is 4.74 Å². The zero-order chi connectivity index (χ0) is 11.3. The fraction of sp³-hybridized carbons (Fsp3) is 1.00. The molecule has 1 aliphatic rings. The van der Waals surface area contributed by atoms with Crippen LogP contribution in [0.2, 0.25) is 0 Å². The smallest absolute Gasteiger partial charge is 0.0897 e. The molecular formula is C12H25NO2. The second-order valence-electron chi connectivity index (χ2n) is 4.93. The molecule has 1 rings (SSSR count). The van der Waals surface area contributed by atoms with E-state index in [1.807, 2.05) is 0 Å². The minimum Gasteiger partial charge on any atom is -0.389 e. The quantitative estimate of drug-likeness (QED) is 0.728. The third-order valence-electron chi connectivity index (χ3n) is 3.49. The lowest BCUT2D eigenvalue weighted by molar-refractivity contribution is 0.0571. The van der Waals surface area contributed by atoms with E-state index in [1.165, 1.54) is 19.3 Å². The van der Waals surface area contributed by atoms with Gasteiger partial charge >= 0.3 is 0 Å². The third kappa shape index (κ3) is 4.09. The molecule has 15 heavy (non-hydrogen) atoms. The molecule has 0 saturated heterocycles. The van der Waals surface area contributed by atoms with Crippen LogP contribution in [0.3, 0.4) is 0 Å². The van der Waals surface area contributed by atoms with Crippen LogP contribution < -0.4 is 5.32 Å². The molecule has 2 N–H and O–H groups in total. The Labute approximate surface area is 93.2 Å². The molecule has 3 nitrogen and oxygen atoms in total. The van der Waals surface area contributed by atoms with E-state index < -0.39 is 0 Å². The van der Waals surface area contributed by atoms with Gasteiger partial charge < -0.3 is 15.2 Å². The van der Waals surface area contributed by atoms with E-state index in [9.17, 15) is 5.11 Å². The van der Waals surface area contributed by atoms with Crippen molar-refractivity contribution in [3.8, 4) is 0 Å². The number of hydrogen-bond acceptors (Lipinski definition) is 3. The highest BCUT2D eigenvalue weighted by atomic mass is 16.5. The zero-order valence-corrected chi connectivity index (χ0v) is 10.2. The van der Waals surface area contributed by atoms with Gasteiger partial charge in [-0.2, -0.15) is 0 Å². The van der Waals surface area contributed by atoms with Crippen molar-refractivity contribution in [2.45, 2.75) is 45.3 Å². The molecule has 3 atom stereocenters. The average molecular weight is 215 g/mol. The first-order chi connectivity index (χ1) is 7.15. The number of rotatable bonds is 5. The lowest BCUT2D eigenvalue weighted by Crippen LogP contribution is -2.46. The lowest BCUT2D eigenvalue weighted by atomic mass is 9.79. The van der Waals surface area contributed by atoms with Crippen molar-refractivity contribution in [2.75, 3.05) is 20.3 Å². The summed E-state index contributed by atoms with van der Waals surface area (Å²) in [5, 5.41) is 13.0. The van der Waals surface area contributed by atoms with Gasteiger partial charge in [-0.1, -0.05) is 20.3 Å². The molecule has 0 spiro atoms. The van der Waals surface area contributed by atoms with E-state index in [4.69, 9.17) is 4.74 Å². The minimum atomic E-state index is -0.378. The topological polar surface area (TPSA) is 41.5 Å². The minimum absolute atomic E-state index is 0.378. The molecule has 0 aromatic carbocycles. The molecule has 1 saturated carbocycles. The Hall–Kier alpha value is -0.120. The van der Waals surface area contributed by atoms with Crippen molar-refractivity contribution in [1.29, 1.82) is 0 Å². The maximum Gasteiger partial charge on any atom is 0.0897 e. The summed E-state index contributed by atoms with van der Waals surface area (Å²) < 4.78 is 4.91. The Morgan fingerprint density at radius 3 is 2.47 bits per heavy atom. The van der Waals surface area contributed by atoms with Gasteiger partial charge in [0.15, 0.2) is 0 Å². The van der Waals surface area contributed by atoms with E-state index >= 15 is 0 Å². The summed E-state index contributed by atoms with van der Waals surface area (Å²) in [4.78, 5) is 0. The number of aliphatic hydroxyl groups excluding tert-OH is 1. The third-order valence-corrected chi connectivity index (χ3v) is 3.49.